The molecule has 2 saturated heterocycles. The summed E-state index contributed by atoms with van der Waals surface area (Å²) < 4.78 is 5.98. The zero-order chi connectivity index (χ0) is 30.9. The lowest BCUT2D eigenvalue weighted by Crippen LogP contribution is -2.50. The molecule has 1 aromatic carbocycles. The number of nitriles is 1. The summed E-state index contributed by atoms with van der Waals surface area (Å²) in [6.07, 6.45) is 4.82. The molecule has 2 aliphatic rings. The van der Waals surface area contributed by atoms with Gasteiger partial charge in [-0.2, -0.15) is 5.26 Å². The second kappa shape index (κ2) is 16.5. The van der Waals surface area contributed by atoms with Crippen LogP contribution in [0.1, 0.15) is 49.6 Å². The average molecular weight is 651 g/mol. The third-order valence-corrected chi connectivity index (χ3v) is 8.60. The molecule has 2 aliphatic heterocycles. The Morgan fingerprint density at radius 3 is 2.56 bits per heavy atom. The maximum absolute atomic E-state index is 13.1. The molecule has 0 saturated carbocycles. The largest absolute Gasteiger partial charge is 0.382 e. The van der Waals surface area contributed by atoms with E-state index in [1.807, 2.05) is 23.1 Å². The van der Waals surface area contributed by atoms with E-state index in [0.717, 1.165) is 31.0 Å². The van der Waals surface area contributed by atoms with Crippen LogP contribution in [0, 0.1) is 11.3 Å². The minimum absolute atomic E-state index is 0. The minimum Gasteiger partial charge on any atom is -0.382 e. The van der Waals surface area contributed by atoms with Gasteiger partial charge < -0.3 is 25.6 Å². The number of nitrogens with one attached hydrogen (secondary N) is 1. The van der Waals surface area contributed by atoms with Gasteiger partial charge in [0.1, 0.15) is 17.5 Å². The molecule has 2 amide bonds. The maximum Gasteiger partial charge on any atom is 0.223 e. The van der Waals surface area contributed by atoms with Crippen LogP contribution in [0.2, 0.25) is 0 Å². The average Bonchev–Trinajstić information content (AvgIpc) is 3.03. The smallest absolute Gasteiger partial charge is 0.223 e. The number of thioether (sulfide) groups is 1. The molecule has 1 atom stereocenters. The second-order valence-electron chi connectivity index (χ2n) is 11.1. The molecule has 0 aliphatic carbocycles. The third-order valence-electron chi connectivity index (χ3n) is 7.72. The Morgan fingerprint density at radius 1 is 1.07 bits per heavy atom. The lowest BCUT2D eigenvalue weighted by molar-refractivity contribution is -0.139. The number of carbonyl (C=O) groups is 2. The Labute approximate surface area is 274 Å². The molecule has 238 valence electrons. The monoisotopic (exact) mass is 650 g/mol. The highest BCUT2D eigenvalue weighted by molar-refractivity contribution is 7.98. The van der Waals surface area contributed by atoms with Crippen molar-refractivity contribution >= 4 is 47.5 Å². The molecule has 2 aromatic heterocycles. The van der Waals surface area contributed by atoms with Crippen LogP contribution in [0.3, 0.4) is 0 Å². The molecule has 11 nitrogen and oxygen atoms in total. The first-order chi connectivity index (χ1) is 21.4. The normalized spacial score (nSPS) is 16.8. The number of benzene rings is 1. The fourth-order valence-electron chi connectivity index (χ4n) is 5.52. The van der Waals surface area contributed by atoms with Gasteiger partial charge in [0.05, 0.1) is 24.1 Å². The van der Waals surface area contributed by atoms with Gasteiger partial charge in [-0.1, -0.05) is 36.4 Å². The van der Waals surface area contributed by atoms with E-state index in [4.69, 9.17) is 15.5 Å². The predicted octanol–water partition coefficient (Wildman–Crippen LogP) is 4.31. The van der Waals surface area contributed by atoms with Crippen LogP contribution in [-0.4, -0.2) is 82.0 Å². The molecule has 2 fully saturated rings. The number of hydrogen-bond acceptors (Lipinski definition) is 10. The molecule has 13 heteroatoms. The molecular formula is C32H39ClN8O3S. The van der Waals surface area contributed by atoms with Gasteiger partial charge in [0.2, 0.25) is 11.8 Å². The van der Waals surface area contributed by atoms with Crippen LogP contribution in [0.15, 0.2) is 47.6 Å². The summed E-state index contributed by atoms with van der Waals surface area (Å²) in [5, 5.41) is 12.8. The summed E-state index contributed by atoms with van der Waals surface area (Å²) in [6, 6.07) is 15.0. The predicted molar refractivity (Wildman–Crippen MR) is 177 cm³/mol. The molecule has 5 rings (SSSR count). The maximum atomic E-state index is 13.1. The number of morpholine rings is 1. The molecule has 0 spiro atoms. The fraction of sp³-hybridized carbons (Fsp3) is 0.438. The van der Waals surface area contributed by atoms with E-state index in [9.17, 15) is 14.9 Å². The molecule has 0 radical (unpaired) electrons. The number of nitrogens with two attached hydrogens (primary N) is 1. The van der Waals surface area contributed by atoms with Gasteiger partial charge in [-0.3, -0.25) is 14.6 Å². The number of halogens is 1. The van der Waals surface area contributed by atoms with Gasteiger partial charge in [-0.15, -0.1) is 12.4 Å². The van der Waals surface area contributed by atoms with E-state index in [-0.39, 0.29) is 41.7 Å². The highest BCUT2D eigenvalue weighted by Gasteiger charge is 2.26. The Hall–Kier alpha value is -3.76. The van der Waals surface area contributed by atoms with Crippen molar-refractivity contribution in [1.29, 1.82) is 5.26 Å². The number of hydrogen-bond donors (Lipinski definition) is 2. The van der Waals surface area contributed by atoms with Gasteiger partial charge >= 0.3 is 0 Å². The summed E-state index contributed by atoms with van der Waals surface area (Å²) >= 11 is 1.37. The van der Waals surface area contributed by atoms with Crippen LogP contribution in [-0.2, 0) is 26.5 Å². The number of nitrogens with zero attached hydrogens (tertiary/aromatic N) is 6. The van der Waals surface area contributed by atoms with E-state index >= 15 is 0 Å². The number of piperidine rings is 1. The Balaban J connectivity index is 0.00000461. The number of anilines is 2. The highest BCUT2D eigenvalue weighted by Crippen LogP contribution is 2.29. The molecule has 45 heavy (non-hydrogen) atoms. The number of aryl methyl sites for hydroxylation is 1. The molecule has 3 N–H and O–H groups in total. The summed E-state index contributed by atoms with van der Waals surface area (Å²) in [7, 11) is 0. The lowest BCUT2D eigenvalue weighted by Gasteiger charge is -2.37. The van der Waals surface area contributed by atoms with E-state index in [1.165, 1.54) is 37.9 Å². The van der Waals surface area contributed by atoms with Gasteiger partial charge in [-0.05, 0) is 56.6 Å². The topological polar surface area (TPSA) is 150 Å². The SMILES string of the molecule is CC(=O)Nc1ccc(-c2nc(SCc3cccc(CCC(=O)N4CCOC(CN5CCCCC5)C4)n3)nc(N)c2C#N)cc1.Cl. The fourth-order valence-corrected chi connectivity index (χ4v) is 6.28. The van der Waals surface area contributed by atoms with Crippen molar-refractivity contribution in [3.8, 4) is 17.3 Å². The number of ether oxygens (including phenoxy) is 1. The van der Waals surface area contributed by atoms with Crippen molar-refractivity contribution in [3.63, 3.8) is 0 Å². The molecular weight excluding hydrogens is 612 g/mol. The minimum atomic E-state index is -0.168. The van der Waals surface area contributed by atoms with Gasteiger partial charge in [0, 0.05) is 55.7 Å². The van der Waals surface area contributed by atoms with Crippen LogP contribution >= 0.6 is 24.2 Å². The number of nitrogen functional groups attached to an aromatic ring is 1. The molecule has 3 aromatic rings. The Morgan fingerprint density at radius 2 is 1.82 bits per heavy atom. The van der Waals surface area contributed by atoms with Crippen molar-refractivity contribution in [2.45, 2.75) is 56.0 Å². The lowest BCUT2D eigenvalue weighted by atomic mass is 10.1. The zero-order valence-corrected chi connectivity index (χ0v) is 27.0. The summed E-state index contributed by atoms with van der Waals surface area (Å²) in [4.78, 5) is 42.5. The summed E-state index contributed by atoms with van der Waals surface area (Å²) in [5.74, 6) is 0.568. The molecule has 0 bridgehead atoms. The van der Waals surface area contributed by atoms with E-state index in [2.05, 4.69) is 26.3 Å². The van der Waals surface area contributed by atoms with E-state index in [1.54, 1.807) is 24.3 Å². The second-order valence-corrected chi connectivity index (χ2v) is 12.0. The first kappa shape index (κ1) is 34.1. The zero-order valence-electron chi connectivity index (χ0n) is 25.4. The number of pyridine rings is 1. The van der Waals surface area contributed by atoms with Crippen molar-refractivity contribution in [3.05, 3.63) is 59.4 Å². The van der Waals surface area contributed by atoms with Crippen molar-refractivity contribution in [1.82, 2.24) is 24.8 Å². The van der Waals surface area contributed by atoms with Crippen molar-refractivity contribution in [2.75, 3.05) is 50.4 Å². The number of carbonyl (C=O) groups excluding carboxylic acids is 2. The summed E-state index contributed by atoms with van der Waals surface area (Å²) in [5.41, 5.74) is 9.79. The molecule has 1 unspecified atom stereocenters. The first-order valence-electron chi connectivity index (χ1n) is 15.0. The molecule has 4 heterocycles. The van der Waals surface area contributed by atoms with Gasteiger partial charge in [-0.25, -0.2) is 9.97 Å². The van der Waals surface area contributed by atoms with Crippen LogP contribution in [0.25, 0.3) is 11.3 Å². The Bertz CT molecular complexity index is 1510. The van der Waals surface area contributed by atoms with Crippen LogP contribution < -0.4 is 11.1 Å². The summed E-state index contributed by atoms with van der Waals surface area (Å²) in [6.45, 7) is 6.44. The highest BCUT2D eigenvalue weighted by atomic mass is 35.5. The first-order valence-corrected chi connectivity index (χ1v) is 16.0. The number of amides is 2. The number of aromatic nitrogens is 3. The van der Waals surface area contributed by atoms with E-state index < -0.39 is 0 Å². The van der Waals surface area contributed by atoms with E-state index in [0.29, 0.717) is 60.4 Å². The third kappa shape index (κ3) is 9.61. The van der Waals surface area contributed by atoms with Crippen molar-refractivity contribution < 1.29 is 14.3 Å². The number of likely N-dealkylation sites (tertiary alicyclic amines) is 1. The van der Waals surface area contributed by atoms with Gasteiger partial charge in [0.15, 0.2) is 5.16 Å². The van der Waals surface area contributed by atoms with Gasteiger partial charge in [0.25, 0.3) is 0 Å². The Kier molecular flexibility index (Phi) is 12.5. The number of rotatable bonds is 10. The standard InChI is InChI=1S/C32H38N8O3S.ClH/c1-22(41)35-25-10-8-23(9-11-25)30-28(18-33)31(34)38-32(37-30)44-21-26-7-5-6-24(36-26)12-13-29(42)40-16-17-43-27(20-40)19-39-14-3-2-4-15-39;/h5-11,27H,2-4,12-17,19-21H2,1H3,(H,35,41)(H2,34,37,38);1H. The van der Waals surface area contributed by atoms with Crippen molar-refractivity contribution in [2.24, 2.45) is 0 Å². The van der Waals surface area contributed by atoms with Crippen LogP contribution in [0.4, 0.5) is 11.5 Å². The quantitative estimate of drug-likeness (QED) is 0.240. The van der Waals surface area contributed by atoms with Crippen LogP contribution in [0.5, 0.6) is 0 Å².